The molecule has 126 valence electrons. The lowest BCUT2D eigenvalue weighted by molar-refractivity contribution is 0.0776. The molecule has 2 aromatic rings. The van der Waals surface area contributed by atoms with E-state index in [1.807, 2.05) is 29.2 Å². The molecule has 0 radical (unpaired) electrons. The quantitative estimate of drug-likeness (QED) is 0.468. The van der Waals surface area contributed by atoms with Crippen molar-refractivity contribution in [2.75, 3.05) is 6.54 Å². The first-order valence-corrected chi connectivity index (χ1v) is 9.39. The molecule has 2 heterocycles. The molecule has 6 heteroatoms. The molecule has 0 spiro atoms. The Morgan fingerprint density at radius 2 is 2.21 bits per heavy atom. The maximum atomic E-state index is 12.3. The number of carbonyl (C=O) groups excluding carboxylic acids is 1. The Hall–Kier alpha value is -1.34. The van der Waals surface area contributed by atoms with Crippen LogP contribution in [0.3, 0.4) is 0 Å². The van der Waals surface area contributed by atoms with Gasteiger partial charge in [-0.1, -0.05) is 24.9 Å². The van der Waals surface area contributed by atoms with Crippen LogP contribution in [0.25, 0.3) is 0 Å². The van der Waals surface area contributed by atoms with Gasteiger partial charge in [-0.3, -0.25) is 4.79 Å². The van der Waals surface area contributed by atoms with E-state index in [0.29, 0.717) is 18.3 Å². The molecule has 4 nitrogen and oxygen atoms in total. The molecule has 1 aromatic heterocycles. The lowest BCUT2D eigenvalue weighted by Crippen LogP contribution is -2.24. The van der Waals surface area contributed by atoms with Gasteiger partial charge in [-0.15, -0.1) is 0 Å². The first-order chi connectivity index (χ1) is 11.6. The number of carbonyl (C=O) groups is 1. The molecule has 0 saturated heterocycles. The summed E-state index contributed by atoms with van der Waals surface area (Å²) in [5, 5.41) is 0.462. The number of hydrogen-bond donors (Lipinski definition) is 0. The fraction of sp³-hybridized carbons (Fsp3) is 0.333. The fourth-order valence-electron chi connectivity index (χ4n) is 2.71. The van der Waals surface area contributed by atoms with Crippen LogP contribution in [-0.4, -0.2) is 22.3 Å². The van der Waals surface area contributed by atoms with Crippen LogP contribution in [0.4, 0.5) is 0 Å². The second-order valence-electron chi connectivity index (χ2n) is 5.75. The highest BCUT2D eigenvalue weighted by Crippen LogP contribution is 2.28. The van der Waals surface area contributed by atoms with Gasteiger partial charge in [-0.05, 0) is 58.8 Å². The summed E-state index contributed by atoms with van der Waals surface area (Å²) in [7, 11) is 0. The Morgan fingerprint density at radius 3 is 2.96 bits per heavy atom. The van der Waals surface area contributed by atoms with E-state index < -0.39 is 0 Å². The number of unbranched alkanes of at least 4 members (excludes halogenated alkanes) is 1. The van der Waals surface area contributed by atoms with Gasteiger partial charge in [-0.25, -0.2) is 4.98 Å². The van der Waals surface area contributed by atoms with Gasteiger partial charge in [0, 0.05) is 34.0 Å². The van der Waals surface area contributed by atoms with E-state index in [9.17, 15) is 4.79 Å². The maximum absolute atomic E-state index is 12.3. The van der Waals surface area contributed by atoms with Crippen LogP contribution >= 0.6 is 34.2 Å². The molecule has 1 aromatic carbocycles. The minimum atomic E-state index is 0.120. The number of pyridine rings is 1. The number of nitrogens with zero attached hydrogens (tertiary/aromatic N) is 2. The fourth-order valence-corrected chi connectivity index (χ4v) is 3.65. The maximum Gasteiger partial charge on any atom is 0.254 e. The van der Waals surface area contributed by atoms with Gasteiger partial charge >= 0.3 is 0 Å². The smallest absolute Gasteiger partial charge is 0.254 e. The van der Waals surface area contributed by atoms with Crippen molar-refractivity contribution in [3.8, 4) is 5.75 Å². The van der Waals surface area contributed by atoms with Gasteiger partial charge < -0.3 is 9.64 Å². The zero-order valence-corrected chi connectivity index (χ0v) is 16.3. The highest BCUT2D eigenvalue weighted by molar-refractivity contribution is 14.1. The Bertz CT molecular complexity index is 746. The Balaban J connectivity index is 1.71. The molecule has 1 aliphatic heterocycles. The van der Waals surface area contributed by atoms with Gasteiger partial charge in [0.2, 0.25) is 0 Å². The number of aromatic nitrogens is 1. The molecule has 0 unspecified atom stereocenters. The summed E-state index contributed by atoms with van der Waals surface area (Å²) in [5.41, 5.74) is 2.69. The summed E-state index contributed by atoms with van der Waals surface area (Å²) in [5.74, 6) is 0.865. The topological polar surface area (TPSA) is 42.4 Å². The normalized spacial score (nSPS) is 13.3. The number of ether oxygens (including phenoxy) is 1. The average Bonchev–Trinajstić information content (AvgIpc) is 2.88. The first kappa shape index (κ1) is 17.5. The molecule has 1 amide bonds. The molecule has 0 atom stereocenters. The van der Waals surface area contributed by atoms with Crippen molar-refractivity contribution in [2.45, 2.75) is 32.9 Å². The lowest BCUT2D eigenvalue weighted by Gasteiger charge is -2.14. The number of rotatable bonds is 6. The Morgan fingerprint density at radius 1 is 1.38 bits per heavy atom. The van der Waals surface area contributed by atoms with Crippen LogP contribution in [0.5, 0.6) is 5.75 Å². The predicted octanol–water partition coefficient (Wildman–Crippen LogP) is 4.67. The largest absolute Gasteiger partial charge is 0.489 e. The molecule has 0 saturated carbocycles. The number of hydrogen-bond acceptors (Lipinski definition) is 3. The van der Waals surface area contributed by atoms with E-state index in [4.69, 9.17) is 16.3 Å². The third kappa shape index (κ3) is 3.67. The second kappa shape index (κ2) is 7.70. The van der Waals surface area contributed by atoms with Crippen molar-refractivity contribution >= 4 is 40.1 Å². The zero-order chi connectivity index (χ0) is 17.1. The lowest BCUT2D eigenvalue weighted by atomic mass is 10.1. The highest BCUT2D eigenvalue weighted by atomic mass is 127. The second-order valence-corrected chi connectivity index (χ2v) is 7.27. The molecule has 1 aliphatic rings. The molecule has 0 aliphatic carbocycles. The van der Waals surface area contributed by atoms with Crippen LogP contribution in [0.2, 0.25) is 5.15 Å². The van der Waals surface area contributed by atoms with E-state index in [1.54, 1.807) is 6.20 Å². The van der Waals surface area contributed by atoms with Crippen molar-refractivity contribution < 1.29 is 9.53 Å². The third-order valence-corrected chi connectivity index (χ3v) is 5.40. The molecule has 0 bridgehead atoms. The van der Waals surface area contributed by atoms with Crippen LogP contribution < -0.4 is 4.74 Å². The molecule has 0 N–H and O–H groups in total. The van der Waals surface area contributed by atoms with Crippen LogP contribution in [-0.2, 0) is 13.2 Å². The summed E-state index contributed by atoms with van der Waals surface area (Å²) in [6.07, 6.45) is 3.79. The molecular weight excluding hydrogens is 439 g/mol. The zero-order valence-electron chi connectivity index (χ0n) is 13.4. The number of amides is 1. The molecular formula is C18H18ClIN2O2. The predicted molar refractivity (Wildman–Crippen MR) is 102 cm³/mol. The van der Waals surface area contributed by atoms with Gasteiger partial charge in [-0.2, -0.15) is 0 Å². The van der Waals surface area contributed by atoms with E-state index in [1.165, 1.54) is 0 Å². The van der Waals surface area contributed by atoms with E-state index in [0.717, 1.165) is 45.4 Å². The van der Waals surface area contributed by atoms with Crippen LogP contribution in [0, 0.1) is 3.57 Å². The summed E-state index contributed by atoms with van der Waals surface area (Å²) >= 11 is 8.35. The minimum absolute atomic E-state index is 0.120. The SMILES string of the molecule is CCCCN1Cc2cc(OCc3c(I)ccnc3Cl)ccc2C1=O. The van der Waals surface area contributed by atoms with Crippen LogP contribution in [0.1, 0.15) is 41.3 Å². The van der Waals surface area contributed by atoms with Crippen molar-refractivity contribution in [1.82, 2.24) is 9.88 Å². The molecule has 24 heavy (non-hydrogen) atoms. The highest BCUT2D eigenvalue weighted by Gasteiger charge is 2.27. The van der Waals surface area contributed by atoms with Crippen molar-refractivity contribution in [2.24, 2.45) is 0 Å². The van der Waals surface area contributed by atoms with Crippen molar-refractivity contribution in [3.63, 3.8) is 0 Å². The summed E-state index contributed by atoms with van der Waals surface area (Å²) in [6.45, 7) is 3.96. The van der Waals surface area contributed by atoms with Crippen molar-refractivity contribution in [1.29, 1.82) is 0 Å². The monoisotopic (exact) mass is 456 g/mol. The van der Waals surface area contributed by atoms with Gasteiger partial charge in [0.1, 0.15) is 17.5 Å². The Kier molecular flexibility index (Phi) is 5.61. The van der Waals surface area contributed by atoms with Gasteiger partial charge in [0.25, 0.3) is 5.91 Å². The minimum Gasteiger partial charge on any atom is -0.489 e. The number of benzene rings is 1. The Labute approximate surface area is 160 Å². The van der Waals surface area contributed by atoms with E-state index >= 15 is 0 Å². The standard InChI is InChI=1S/C18H18ClIN2O2/c1-2-3-8-22-10-12-9-13(4-5-14(12)18(22)23)24-11-15-16(20)6-7-21-17(15)19/h4-7,9H,2-3,8,10-11H2,1H3. The summed E-state index contributed by atoms with van der Waals surface area (Å²) in [6, 6.07) is 7.56. The average molecular weight is 457 g/mol. The van der Waals surface area contributed by atoms with Crippen molar-refractivity contribution in [3.05, 3.63) is 55.9 Å². The van der Waals surface area contributed by atoms with Gasteiger partial charge in [0.15, 0.2) is 0 Å². The van der Waals surface area contributed by atoms with Crippen LogP contribution in [0.15, 0.2) is 30.5 Å². The first-order valence-electron chi connectivity index (χ1n) is 7.94. The number of halogens is 2. The third-order valence-electron chi connectivity index (χ3n) is 4.07. The molecule has 3 rings (SSSR count). The van der Waals surface area contributed by atoms with E-state index in [-0.39, 0.29) is 5.91 Å². The summed E-state index contributed by atoms with van der Waals surface area (Å²) < 4.78 is 6.89. The van der Waals surface area contributed by atoms with Gasteiger partial charge in [0.05, 0.1) is 0 Å². The van der Waals surface area contributed by atoms with E-state index in [2.05, 4.69) is 34.5 Å². The number of fused-ring (bicyclic) bond motifs is 1. The summed E-state index contributed by atoms with van der Waals surface area (Å²) in [4.78, 5) is 18.3. The molecule has 0 fully saturated rings.